The maximum atomic E-state index is 14.7. The average Bonchev–Trinajstić information content (AvgIpc) is 3.33. The quantitative estimate of drug-likeness (QED) is 0.656. The SMILES string of the molecule is CC1CN(C(=O)C2Cc3cc(-c4ccccn4)c(F)cc3O2)c2cc(S(N)=O)c(F)cc21. The smallest absolute Gasteiger partial charge is 0.268 e. The van der Waals surface area contributed by atoms with E-state index in [1.807, 2.05) is 6.92 Å². The first-order valence-electron chi connectivity index (χ1n) is 10.0. The number of ether oxygens (including phenoxy) is 1. The molecular formula is C23H19F2N3O3S. The van der Waals surface area contributed by atoms with Crippen LogP contribution in [0.4, 0.5) is 14.5 Å². The van der Waals surface area contributed by atoms with Crippen LogP contribution in [0.2, 0.25) is 0 Å². The zero-order valence-electron chi connectivity index (χ0n) is 17.0. The van der Waals surface area contributed by atoms with E-state index in [4.69, 9.17) is 9.88 Å². The number of nitrogens with two attached hydrogens (primary N) is 1. The Morgan fingerprint density at radius 2 is 2.03 bits per heavy atom. The molecular weight excluding hydrogens is 436 g/mol. The summed E-state index contributed by atoms with van der Waals surface area (Å²) in [4.78, 5) is 18.9. The molecule has 2 aromatic carbocycles. The second-order valence-electron chi connectivity index (χ2n) is 7.95. The topological polar surface area (TPSA) is 85.5 Å². The standard InChI is InChI=1S/C23H19F2N3O3S/c1-12-11-28(19-10-22(32(26)30)17(25)8-14(12)19)23(29)21-7-13-6-15(16(24)9-20(13)31-21)18-4-2-3-5-27-18/h2-6,8-10,12,21H,7,11,26H2,1H3. The third kappa shape index (κ3) is 3.37. The number of halogens is 2. The van der Waals surface area contributed by atoms with Gasteiger partial charge in [-0.3, -0.25) is 9.78 Å². The zero-order valence-corrected chi connectivity index (χ0v) is 17.9. The maximum Gasteiger partial charge on any atom is 0.268 e. The van der Waals surface area contributed by atoms with Crippen molar-refractivity contribution < 1.29 is 22.5 Å². The first-order chi connectivity index (χ1) is 15.3. The zero-order chi connectivity index (χ0) is 22.6. The number of carbonyl (C=O) groups excluding carboxylic acids is 1. The molecule has 0 saturated heterocycles. The summed E-state index contributed by atoms with van der Waals surface area (Å²) >= 11 is 0. The Labute approximate surface area is 185 Å². The minimum atomic E-state index is -2.02. The summed E-state index contributed by atoms with van der Waals surface area (Å²) in [5, 5.41) is 5.38. The predicted octanol–water partition coefficient (Wildman–Crippen LogP) is 3.46. The highest BCUT2D eigenvalue weighted by Crippen LogP contribution is 2.41. The van der Waals surface area contributed by atoms with Crippen LogP contribution in [0.15, 0.2) is 53.6 Å². The molecule has 5 rings (SSSR count). The third-order valence-electron chi connectivity index (χ3n) is 5.88. The molecule has 3 unspecified atom stereocenters. The molecule has 2 aliphatic heterocycles. The normalized spacial score (nSPS) is 19.9. The van der Waals surface area contributed by atoms with Crippen molar-refractivity contribution in [2.24, 2.45) is 5.14 Å². The van der Waals surface area contributed by atoms with E-state index in [0.29, 0.717) is 40.4 Å². The van der Waals surface area contributed by atoms with Crippen molar-refractivity contribution in [3.05, 3.63) is 71.4 Å². The first-order valence-corrected chi connectivity index (χ1v) is 11.3. The largest absolute Gasteiger partial charge is 0.480 e. The van der Waals surface area contributed by atoms with Crippen molar-refractivity contribution in [1.29, 1.82) is 0 Å². The molecule has 2 aliphatic rings. The fourth-order valence-electron chi connectivity index (χ4n) is 4.31. The Balaban J connectivity index is 1.44. The van der Waals surface area contributed by atoms with Gasteiger partial charge in [-0.25, -0.2) is 18.1 Å². The molecule has 0 saturated carbocycles. The van der Waals surface area contributed by atoms with Crippen LogP contribution in [0, 0.1) is 11.6 Å². The minimum absolute atomic E-state index is 0.110. The summed E-state index contributed by atoms with van der Waals surface area (Å²) in [6.45, 7) is 2.21. The Kier molecular flexibility index (Phi) is 5.02. The monoisotopic (exact) mass is 455 g/mol. The Hall–Kier alpha value is -3.17. The van der Waals surface area contributed by atoms with Crippen LogP contribution in [-0.4, -0.2) is 27.7 Å². The number of hydrogen-bond donors (Lipinski definition) is 1. The first kappa shape index (κ1) is 20.7. The number of pyridine rings is 1. The van der Waals surface area contributed by atoms with Gasteiger partial charge >= 0.3 is 0 Å². The highest BCUT2D eigenvalue weighted by Gasteiger charge is 2.39. The molecule has 164 valence electrons. The fraction of sp³-hybridized carbons (Fsp3) is 0.217. The summed E-state index contributed by atoms with van der Waals surface area (Å²) in [6.07, 6.45) is 1.01. The molecule has 0 radical (unpaired) electrons. The van der Waals surface area contributed by atoms with Gasteiger partial charge in [0.25, 0.3) is 5.91 Å². The summed E-state index contributed by atoms with van der Waals surface area (Å²) < 4.78 is 46.4. The van der Waals surface area contributed by atoms with Crippen LogP contribution in [0.1, 0.15) is 24.0 Å². The van der Waals surface area contributed by atoms with Crippen molar-refractivity contribution in [3.63, 3.8) is 0 Å². The number of hydrogen-bond acceptors (Lipinski definition) is 4. The van der Waals surface area contributed by atoms with Crippen molar-refractivity contribution in [3.8, 4) is 17.0 Å². The lowest BCUT2D eigenvalue weighted by atomic mass is 10.0. The van der Waals surface area contributed by atoms with E-state index in [9.17, 15) is 17.8 Å². The summed E-state index contributed by atoms with van der Waals surface area (Å²) in [5.74, 6) is -1.27. The van der Waals surface area contributed by atoms with E-state index in [0.717, 1.165) is 0 Å². The Morgan fingerprint density at radius 3 is 2.75 bits per heavy atom. The van der Waals surface area contributed by atoms with Gasteiger partial charge in [0.1, 0.15) is 28.4 Å². The van der Waals surface area contributed by atoms with Crippen LogP contribution in [0.3, 0.4) is 0 Å². The van der Waals surface area contributed by atoms with E-state index >= 15 is 0 Å². The molecule has 1 aromatic heterocycles. The van der Waals surface area contributed by atoms with Crippen LogP contribution >= 0.6 is 0 Å². The van der Waals surface area contributed by atoms with E-state index < -0.39 is 28.7 Å². The molecule has 0 fully saturated rings. The highest BCUT2D eigenvalue weighted by molar-refractivity contribution is 7.82. The van der Waals surface area contributed by atoms with Crippen molar-refractivity contribution in [2.45, 2.75) is 30.3 Å². The van der Waals surface area contributed by atoms with Crippen molar-refractivity contribution >= 4 is 22.6 Å². The molecule has 3 atom stereocenters. The lowest BCUT2D eigenvalue weighted by Crippen LogP contribution is -2.40. The Morgan fingerprint density at radius 1 is 1.22 bits per heavy atom. The molecule has 6 nitrogen and oxygen atoms in total. The number of nitrogens with zero attached hydrogens (tertiary/aromatic N) is 2. The van der Waals surface area contributed by atoms with E-state index in [1.165, 1.54) is 23.1 Å². The van der Waals surface area contributed by atoms with Gasteiger partial charge in [0, 0.05) is 42.4 Å². The molecule has 3 aromatic rings. The van der Waals surface area contributed by atoms with E-state index in [1.54, 1.807) is 30.5 Å². The van der Waals surface area contributed by atoms with Gasteiger partial charge in [0.05, 0.1) is 10.6 Å². The number of aromatic nitrogens is 1. The molecule has 3 heterocycles. The lowest BCUT2D eigenvalue weighted by molar-refractivity contribution is -0.124. The van der Waals surface area contributed by atoms with Gasteiger partial charge in [-0.1, -0.05) is 13.0 Å². The Bertz CT molecular complexity index is 1270. The minimum Gasteiger partial charge on any atom is -0.480 e. The van der Waals surface area contributed by atoms with Gasteiger partial charge < -0.3 is 9.64 Å². The highest BCUT2D eigenvalue weighted by atomic mass is 32.2. The van der Waals surface area contributed by atoms with Crippen LogP contribution in [0.25, 0.3) is 11.3 Å². The number of carbonyl (C=O) groups is 1. The maximum absolute atomic E-state index is 14.7. The molecule has 0 spiro atoms. The van der Waals surface area contributed by atoms with Gasteiger partial charge in [-0.05, 0) is 41.5 Å². The third-order valence-corrected chi connectivity index (χ3v) is 6.63. The van der Waals surface area contributed by atoms with Gasteiger partial charge in [-0.15, -0.1) is 0 Å². The second kappa shape index (κ2) is 7.75. The number of benzene rings is 2. The molecule has 1 amide bonds. The summed E-state index contributed by atoms with van der Waals surface area (Å²) in [7, 11) is -2.02. The molecule has 2 N–H and O–H groups in total. The predicted molar refractivity (Wildman–Crippen MR) is 116 cm³/mol. The fourth-order valence-corrected chi connectivity index (χ4v) is 4.79. The van der Waals surface area contributed by atoms with E-state index in [2.05, 4.69) is 4.98 Å². The van der Waals surface area contributed by atoms with Crippen LogP contribution in [0.5, 0.6) is 5.75 Å². The van der Waals surface area contributed by atoms with Gasteiger partial charge in [0.2, 0.25) is 0 Å². The number of fused-ring (bicyclic) bond motifs is 2. The summed E-state index contributed by atoms with van der Waals surface area (Å²) in [6, 6.07) is 10.8. The molecule has 9 heteroatoms. The molecule has 32 heavy (non-hydrogen) atoms. The molecule has 0 bridgehead atoms. The van der Waals surface area contributed by atoms with Crippen LogP contribution < -0.4 is 14.8 Å². The summed E-state index contributed by atoms with van der Waals surface area (Å²) in [5.41, 5.74) is 2.66. The van der Waals surface area contributed by atoms with Gasteiger partial charge in [-0.2, -0.15) is 0 Å². The number of amides is 1. The second-order valence-corrected chi connectivity index (χ2v) is 8.99. The number of rotatable bonds is 3. The number of anilines is 1. The average molecular weight is 455 g/mol. The van der Waals surface area contributed by atoms with Gasteiger partial charge in [0.15, 0.2) is 6.10 Å². The van der Waals surface area contributed by atoms with Crippen LogP contribution in [-0.2, 0) is 22.2 Å². The van der Waals surface area contributed by atoms with Crippen molar-refractivity contribution in [2.75, 3.05) is 11.4 Å². The lowest BCUT2D eigenvalue weighted by Gasteiger charge is -2.21. The van der Waals surface area contributed by atoms with E-state index in [-0.39, 0.29) is 23.1 Å². The van der Waals surface area contributed by atoms with Crippen molar-refractivity contribution in [1.82, 2.24) is 4.98 Å². The molecule has 0 aliphatic carbocycles.